The Morgan fingerprint density at radius 1 is 1.32 bits per heavy atom. The van der Waals surface area contributed by atoms with Crippen molar-refractivity contribution in [1.29, 1.82) is 0 Å². The number of rotatable bonds is 4. The van der Waals surface area contributed by atoms with Gasteiger partial charge in [-0.1, -0.05) is 11.6 Å². The molecule has 19 heavy (non-hydrogen) atoms. The van der Waals surface area contributed by atoms with E-state index in [4.69, 9.17) is 21.1 Å². The van der Waals surface area contributed by atoms with Crippen LogP contribution >= 0.6 is 11.6 Å². The van der Waals surface area contributed by atoms with Crippen molar-refractivity contribution in [3.05, 3.63) is 29.0 Å². The first-order valence-electron chi connectivity index (χ1n) is 5.66. The van der Waals surface area contributed by atoms with Crippen LogP contribution in [0.3, 0.4) is 0 Å². The van der Waals surface area contributed by atoms with Gasteiger partial charge in [-0.25, -0.2) is 17.5 Å². The molecule has 1 fully saturated rings. The minimum atomic E-state index is -3.84. The molecule has 1 N–H and O–H groups in total. The lowest BCUT2D eigenvalue weighted by molar-refractivity contribution is -0.173. The summed E-state index contributed by atoms with van der Waals surface area (Å²) < 4.78 is 49.7. The van der Waals surface area contributed by atoms with Crippen molar-refractivity contribution in [3.63, 3.8) is 0 Å². The lowest BCUT2D eigenvalue weighted by atomic mass is 10.3. The number of ether oxygens (including phenoxy) is 2. The number of hydrogen-bond acceptors (Lipinski definition) is 4. The standard InChI is InChI=1S/C11H13ClFNO4S/c12-8-4-9(13)6-10(5-8)19(15,16)14-7-11-17-2-1-3-18-11/h4-6,11,14H,1-3,7H2. The van der Waals surface area contributed by atoms with Crippen molar-refractivity contribution in [2.24, 2.45) is 0 Å². The van der Waals surface area contributed by atoms with E-state index in [0.29, 0.717) is 13.2 Å². The Bertz CT molecular complexity index is 525. The zero-order chi connectivity index (χ0) is 13.9. The topological polar surface area (TPSA) is 64.6 Å². The number of sulfonamides is 1. The second-order valence-electron chi connectivity index (χ2n) is 3.98. The van der Waals surface area contributed by atoms with Crippen LogP contribution in [0.1, 0.15) is 6.42 Å². The highest BCUT2D eigenvalue weighted by atomic mass is 35.5. The molecule has 1 aliphatic heterocycles. The van der Waals surface area contributed by atoms with Gasteiger partial charge in [0.15, 0.2) is 6.29 Å². The average molecular weight is 310 g/mol. The molecule has 0 aromatic heterocycles. The Kier molecular flexibility index (Phi) is 4.75. The summed E-state index contributed by atoms with van der Waals surface area (Å²) in [5.74, 6) is -0.710. The molecule has 1 aliphatic rings. The lowest BCUT2D eigenvalue weighted by Crippen LogP contribution is -2.37. The van der Waals surface area contributed by atoms with Gasteiger partial charge in [-0.3, -0.25) is 0 Å². The smallest absolute Gasteiger partial charge is 0.240 e. The van der Waals surface area contributed by atoms with Crippen molar-refractivity contribution >= 4 is 21.6 Å². The molecule has 0 spiro atoms. The predicted octanol–water partition coefficient (Wildman–Crippen LogP) is 1.52. The maximum absolute atomic E-state index is 13.1. The van der Waals surface area contributed by atoms with E-state index < -0.39 is 22.1 Å². The molecule has 0 unspecified atom stereocenters. The van der Waals surface area contributed by atoms with Gasteiger partial charge in [-0.2, -0.15) is 0 Å². The molecular formula is C11H13ClFNO4S. The van der Waals surface area contributed by atoms with E-state index in [1.165, 1.54) is 6.07 Å². The van der Waals surface area contributed by atoms with Crippen molar-refractivity contribution in [2.75, 3.05) is 19.8 Å². The summed E-state index contributed by atoms with van der Waals surface area (Å²) in [5.41, 5.74) is 0. The van der Waals surface area contributed by atoms with E-state index >= 15 is 0 Å². The van der Waals surface area contributed by atoms with Crippen LogP contribution < -0.4 is 4.72 Å². The van der Waals surface area contributed by atoms with E-state index in [1.807, 2.05) is 0 Å². The Labute approximate surface area is 115 Å². The molecule has 1 aromatic rings. The molecule has 8 heteroatoms. The Morgan fingerprint density at radius 2 is 2.00 bits per heavy atom. The summed E-state index contributed by atoms with van der Waals surface area (Å²) in [7, 11) is -3.84. The van der Waals surface area contributed by atoms with Crippen LogP contribution in [0.4, 0.5) is 4.39 Å². The molecule has 0 bridgehead atoms. The van der Waals surface area contributed by atoms with E-state index in [9.17, 15) is 12.8 Å². The Hall–Kier alpha value is -0.730. The van der Waals surface area contributed by atoms with Crippen molar-refractivity contribution < 1.29 is 22.3 Å². The van der Waals surface area contributed by atoms with Gasteiger partial charge < -0.3 is 9.47 Å². The van der Waals surface area contributed by atoms with Crippen molar-refractivity contribution in [3.8, 4) is 0 Å². The zero-order valence-electron chi connectivity index (χ0n) is 9.93. The number of benzene rings is 1. The molecule has 106 valence electrons. The molecule has 0 atom stereocenters. The SMILES string of the molecule is O=S(=O)(NCC1OCCCO1)c1cc(F)cc(Cl)c1. The van der Waals surface area contributed by atoms with Gasteiger partial charge in [-0.15, -0.1) is 0 Å². The monoisotopic (exact) mass is 309 g/mol. The van der Waals surface area contributed by atoms with Crippen LogP contribution in [0.15, 0.2) is 23.1 Å². The minimum Gasteiger partial charge on any atom is -0.351 e. The third-order valence-electron chi connectivity index (χ3n) is 2.48. The number of halogens is 2. The fourth-order valence-electron chi connectivity index (χ4n) is 1.60. The van der Waals surface area contributed by atoms with Crippen LogP contribution in [-0.4, -0.2) is 34.5 Å². The molecule has 1 heterocycles. The normalized spacial score (nSPS) is 17.6. The fraction of sp³-hybridized carbons (Fsp3) is 0.455. The summed E-state index contributed by atoms with van der Waals surface area (Å²) in [6, 6.07) is 3.11. The molecule has 1 aromatic carbocycles. The van der Waals surface area contributed by atoms with Gasteiger partial charge in [0, 0.05) is 5.02 Å². The fourth-order valence-corrected chi connectivity index (χ4v) is 2.96. The largest absolute Gasteiger partial charge is 0.351 e. The van der Waals surface area contributed by atoms with Crippen LogP contribution in [0.2, 0.25) is 5.02 Å². The average Bonchev–Trinajstić information content (AvgIpc) is 2.37. The van der Waals surface area contributed by atoms with E-state index in [0.717, 1.165) is 18.6 Å². The zero-order valence-corrected chi connectivity index (χ0v) is 11.5. The third kappa shape index (κ3) is 4.12. The highest BCUT2D eigenvalue weighted by Crippen LogP contribution is 2.18. The second-order valence-corrected chi connectivity index (χ2v) is 6.19. The first-order valence-corrected chi connectivity index (χ1v) is 7.52. The van der Waals surface area contributed by atoms with Gasteiger partial charge in [-0.05, 0) is 24.6 Å². The van der Waals surface area contributed by atoms with Gasteiger partial charge in [0.05, 0.1) is 24.7 Å². The number of nitrogens with one attached hydrogen (secondary N) is 1. The molecular weight excluding hydrogens is 297 g/mol. The van der Waals surface area contributed by atoms with Crippen LogP contribution in [-0.2, 0) is 19.5 Å². The predicted molar refractivity (Wildman–Crippen MR) is 66.9 cm³/mol. The van der Waals surface area contributed by atoms with Gasteiger partial charge in [0.2, 0.25) is 10.0 Å². The summed E-state index contributed by atoms with van der Waals surface area (Å²) in [6.07, 6.45) is 0.163. The molecule has 0 saturated carbocycles. The minimum absolute atomic E-state index is 0.0190. The second kappa shape index (κ2) is 6.15. The Morgan fingerprint density at radius 3 is 2.63 bits per heavy atom. The summed E-state index contributed by atoms with van der Waals surface area (Å²) in [5, 5.41) is 0.0190. The lowest BCUT2D eigenvalue weighted by Gasteiger charge is -2.23. The first-order chi connectivity index (χ1) is 8.97. The van der Waals surface area contributed by atoms with E-state index in [-0.39, 0.29) is 16.5 Å². The van der Waals surface area contributed by atoms with Gasteiger partial charge in [0.1, 0.15) is 5.82 Å². The van der Waals surface area contributed by atoms with Crippen LogP contribution in [0, 0.1) is 5.82 Å². The molecule has 5 nitrogen and oxygen atoms in total. The van der Waals surface area contributed by atoms with E-state index in [2.05, 4.69) is 4.72 Å². The molecule has 0 aliphatic carbocycles. The highest BCUT2D eigenvalue weighted by molar-refractivity contribution is 7.89. The van der Waals surface area contributed by atoms with Gasteiger partial charge >= 0.3 is 0 Å². The molecule has 1 saturated heterocycles. The maximum atomic E-state index is 13.1. The summed E-state index contributed by atoms with van der Waals surface area (Å²) in [6.45, 7) is 1.02. The van der Waals surface area contributed by atoms with Gasteiger partial charge in [0.25, 0.3) is 0 Å². The quantitative estimate of drug-likeness (QED) is 0.916. The summed E-state index contributed by atoms with van der Waals surface area (Å²) >= 11 is 5.62. The van der Waals surface area contributed by atoms with Crippen LogP contribution in [0.25, 0.3) is 0 Å². The number of hydrogen-bond donors (Lipinski definition) is 1. The maximum Gasteiger partial charge on any atom is 0.240 e. The summed E-state index contributed by atoms with van der Waals surface area (Å²) in [4.78, 5) is -0.228. The first kappa shape index (κ1) is 14.7. The van der Waals surface area contributed by atoms with Crippen molar-refractivity contribution in [2.45, 2.75) is 17.6 Å². The van der Waals surface area contributed by atoms with Crippen molar-refractivity contribution in [1.82, 2.24) is 4.72 Å². The third-order valence-corrected chi connectivity index (χ3v) is 4.10. The molecule has 0 radical (unpaired) electrons. The Balaban J connectivity index is 2.04. The van der Waals surface area contributed by atoms with Crippen LogP contribution in [0.5, 0.6) is 0 Å². The molecule has 2 rings (SSSR count). The highest BCUT2D eigenvalue weighted by Gasteiger charge is 2.20. The molecule has 0 amide bonds. The van der Waals surface area contributed by atoms with E-state index in [1.54, 1.807) is 0 Å².